The third kappa shape index (κ3) is 3.37. The Morgan fingerprint density at radius 1 is 1.38 bits per heavy atom. The number of rotatable bonds is 5. The average Bonchev–Trinajstić information content (AvgIpc) is 3.23. The number of likely N-dealkylation sites (N-methyl/N-ethyl adjacent to an activating group) is 1. The number of carbonyl (C=O) groups is 1. The Labute approximate surface area is 121 Å². The second kappa shape index (κ2) is 6.05. The van der Waals surface area contributed by atoms with Crippen LogP contribution in [0.3, 0.4) is 0 Å². The number of aliphatic hydroxyl groups excluding tert-OH is 1. The van der Waals surface area contributed by atoms with Crippen LogP contribution < -0.4 is 0 Å². The van der Waals surface area contributed by atoms with Gasteiger partial charge >= 0.3 is 6.18 Å². The third-order valence-electron chi connectivity index (χ3n) is 3.84. The number of hydrogen-bond donors (Lipinski definition) is 1. The van der Waals surface area contributed by atoms with Gasteiger partial charge in [-0.25, -0.2) is 0 Å². The summed E-state index contributed by atoms with van der Waals surface area (Å²) in [6.07, 6.45) is -3.96. The molecule has 1 saturated carbocycles. The van der Waals surface area contributed by atoms with E-state index in [9.17, 15) is 18.0 Å². The fraction of sp³-hybridized carbons (Fsp3) is 0.533. The summed E-state index contributed by atoms with van der Waals surface area (Å²) in [6, 6.07) is 5.43. The molecule has 6 heteroatoms. The molecular weight excluding hydrogens is 283 g/mol. The van der Waals surface area contributed by atoms with E-state index in [4.69, 9.17) is 5.11 Å². The van der Waals surface area contributed by atoms with Gasteiger partial charge < -0.3 is 10.0 Å². The maximum absolute atomic E-state index is 13.0. The van der Waals surface area contributed by atoms with Gasteiger partial charge in [0.05, 0.1) is 12.2 Å². The highest BCUT2D eigenvalue weighted by Crippen LogP contribution is 2.51. The first-order chi connectivity index (χ1) is 9.90. The Balaban J connectivity index is 2.15. The maximum atomic E-state index is 13.0. The van der Waals surface area contributed by atoms with Crippen LogP contribution in [-0.2, 0) is 11.0 Å². The highest BCUT2D eigenvalue weighted by Gasteiger charge is 2.48. The van der Waals surface area contributed by atoms with Crippen molar-refractivity contribution in [2.75, 3.05) is 19.7 Å². The van der Waals surface area contributed by atoms with E-state index in [1.54, 1.807) is 13.0 Å². The van der Waals surface area contributed by atoms with Crippen LogP contribution in [0.25, 0.3) is 0 Å². The molecule has 2 rings (SSSR count). The molecule has 1 aromatic rings. The number of amides is 1. The maximum Gasteiger partial charge on any atom is 0.416 e. The first kappa shape index (κ1) is 15.8. The number of halogens is 3. The van der Waals surface area contributed by atoms with Crippen LogP contribution in [0, 0.1) is 5.92 Å². The molecule has 0 bridgehead atoms. The fourth-order valence-electron chi connectivity index (χ4n) is 2.67. The lowest BCUT2D eigenvalue weighted by Gasteiger charge is -2.20. The summed E-state index contributed by atoms with van der Waals surface area (Å²) >= 11 is 0. The first-order valence-corrected chi connectivity index (χ1v) is 6.95. The molecule has 1 aromatic carbocycles. The number of hydrogen-bond acceptors (Lipinski definition) is 2. The minimum Gasteiger partial charge on any atom is -0.395 e. The predicted octanol–water partition coefficient (Wildman–Crippen LogP) is 2.65. The van der Waals surface area contributed by atoms with Gasteiger partial charge in [-0.05, 0) is 30.9 Å². The van der Waals surface area contributed by atoms with Crippen LogP contribution in [0.2, 0.25) is 0 Å². The van der Waals surface area contributed by atoms with Crippen LogP contribution in [0.15, 0.2) is 24.3 Å². The summed E-state index contributed by atoms with van der Waals surface area (Å²) in [7, 11) is 0. The van der Waals surface area contributed by atoms with E-state index in [-0.39, 0.29) is 30.5 Å². The summed E-state index contributed by atoms with van der Waals surface area (Å²) in [4.78, 5) is 13.7. The van der Waals surface area contributed by atoms with Gasteiger partial charge in [-0.2, -0.15) is 13.2 Å². The van der Waals surface area contributed by atoms with E-state index in [1.807, 2.05) is 0 Å². The molecule has 1 fully saturated rings. The lowest BCUT2D eigenvalue weighted by molar-refractivity contribution is -0.138. The molecule has 0 heterocycles. The van der Waals surface area contributed by atoms with Crippen LogP contribution in [0.4, 0.5) is 13.2 Å². The van der Waals surface area contributed by atoms with Gasteiger partial charge in [0.1, 0.15) is 0 Å². The van der Waals surface area contributed by atoms with E-state index in [0.717, 1.165) is 6.07 Å². The summed E-state index contributed by atoms with van der Waals surface area (Å²) < 4.78 is 38.9. The van der Waals surface area contributed by atoms with Crippen molar-refractivity contribution in [1.82, 2.24) is 4.90 Å². The fourth-order valence-corrected chi connectivity index (χ4v) is 2.67. The summed E-state index contributed by atoms with van der Waals surface area (Å²) in [6.45, 7) is 2.31. The SMILES string of the molecule is CCN(CCO)C(=O)C1CC1c1ccccc1C(F)(F)F. The van der Waals surface area contributed by atoms with Gasteiger partial charge in [0.15, 0.2) is 0 Å². The zero-order chi connectivity index (χ0) is 15.6. The first-order valence-electron chi connectivity index (χ1n) is 6.95. The molecule has 3 nitrogen and oxygen atoms in total. The van der Waals surface area contributed by atoms with Crippen molar-refractivity contribution in [3.05, 3.63) is 35.4 Å². The van der Waals surface area contributed by atoms with Crippen molar-refractivity contribution < 1.29 is 23.1 Å². The lowest BCUT2D eigenvalue weighted by Crippen LogP contribution is -2.34. The van der Waals surface area contributed by atoms with Crippen LogP contribution in [0.1, 0.15) is 30.4 Å². The van der Waals surface area contributed by atoms with Crippen molar-refractivity contribution in [1.29, 1.82) is 0 Å². The summed E-state index contributed by atoms with van der Waals surface area (Å²) in [5.41, 5.74) is -0.459. The lowest BCUT2D eigenvalue weighted by atomic mass is 10.0. The van der Waals surface area contributed by atoms with Crippen LogP contribution in [-0.4, -0.2) is 35.6 Å². The van der Waals surface area contributed by atoms with E-state index < -0.39 is 17.7 Å². The quantitative estimate of drug-likeness (QED) is 0.908. The molecule has 1 amide bonds. The van der Waals surface area contributed by atoms with Crippen molar-refractivity contribution in [2.24, 2.45) is 5.92 Å². The molecule has 0 aliphatic heterocycles. The average molecular weight is 301 g/mol. The van der Waals surface area contributed by atoms with Crippen molar-refractivity contribution in [3.8, 4) is 0 Å². The summed E-state index contributed by atoms with van der Waals surface area (Å²) in [5.74, 6) is -0.948. The predicted molar refractivity (Wildman–Crippen MR) is 71.6 cm³/mol. The third-order valence-corrected chi connectivity index (χ3v) is 3.84. The zero-order valence-corrected chi connectivity index (χ0v) is 11.7. The Kier molecular flexibility index (Phi) is 4.56. The molecule has 116 valence electrons. The smallest absolute Gasteiger partial charge is 0.395 e. The van der Waals surface area contributed by atoms with Gasteiger partial charge in [-0.1, -0.05) is 18.2 Å². The molecule has 0 aromatic heterocycles. The van der Waals surface area contributed by atoms with Crippen molar-refractivity contribution in [3.63, 3.8) is 0 Å². The number of aliphatic hydroxyl groups is 1. The molecule has 0 saturated heterocycles. The highest BCUT2D eigenvalue weighted by atomic mass is 19.4. The molecule has 0 spiro atoms. The van der Waals surface area contributed by atoms with Gasteiger partial charge in [-0.15, -0.1) is 0 Å². The minimum absolute atomic E-state index is 0.143. The van der Waals surface area contributed by atoms with E-state index >= 15 is 0 Å². The Bertz CT molecular complexity index is 516. The molecule has 2 unspecified atom stereocenters. The second-order valence-corrected chi connectivity index (χ2v) is 5.18. The van der Waals surface area contributed by atoms with Crippen LogP contribution in [0.5, 0.6) is 0 Å². The molecule has 21 heavy (non-hydrogen) atoms. The van der Waals surface area contributed by atoms with Crippen molar-refractivity contribution in [2.45, 2.75) is 25.4 Å². The number of carbonyl (C=O) groups excluding carboxylic acids is 1. The molecular formula is C15H18F3NO2. The highest BCUT2D eigenvalue weighted by molar-refractivity contribution is 5.83. The Morgan fingerprint density at radius 3 is 2.62 bits per heavy atom. The molecule has 1 aliphatic rings. The Hall–Kier alpha value is -1.56. The van der Waals surface area contributed by atoms with Gasteiger partial charge in [0.25, 0.3) is 0 Å². The normalized spacial score (nSPS) is 21.2. The van der Waals surface area contributed by atoms with Crippen LogP contribution >= 0.6 is 0 Å². The van der Waals surface area contributed by atoms with Crippen molar-refractivity contribution >= 4 is 5.91 Å². The molecule has 2 atom stereocenters. The zero-order valence-electron chi connectivity index (χ0n) is 11.7. The van der Waals surface area contributed by atoms with E-state index in [2.05, 4.69) is 0 Å². The largest absolute Gasteiger partial charge is 0.416 e. The molecule has 1 N–H and O–H groups in total. The van der Waals surface area contributed by atoms with Gasteiger partial charge in [0.2, 0.25) is 5.91 Å². The van der Waals surface area contributed by atoms with E-state index in [0.29, 0.717) is 13.0 Å². The molecule has 1 aliphatic carbocycles. The number of nitrogens with zero attached hydrogens (tertiary/aromatic N) is 1. The number of benzene rings is 1. The van der Waals surface area contributed by atoms with Gasteiger partial charge in [-0.3, -0.25) is 4.79 Å². The standard InChI is InChI=1S/C15H18F3NO2/c1-2-19(7-8-20)14(21)12-9-11(12)10-5-3-4-6-13(10)15(16,17)18/h3-6,11-12,20H,2,7-9H2,1H3. The van der Waals surface area contributed by atoms with Gasteiger partial charge in [0, 0.05) is 19.0 Å². The summed E-state index contributed by atoms with van der Waals surface area (Å²) in [5, 5.41) is 8.91. The molecule has 0 radical (unpaired) electrons. The number of alkyl halides is 3. The van der Waals surface area contributed by atoms with E-state index in [1.165, 1.54) is 17.0 Å². The Morgan fingerprint density at radius 2 is 2.05 bits per heavy atom. The monoisotopic (exact) mass is 301 g/mol. The second-order valence-electron chi connectivity index (χ2n) is 5.18. The minimum atomic E-state index is -4.40. The topological polar surface area (TPSA) is 40.5 Å².